The molecule has 0 aliphatic heterocycles. The highest BCUT2D eigenvalue weighted by Gasteiger charge is 1.91. The number of allylic oxidation sites excluding steroid dienone is 4. The van der Waals surface area contributed by atoms with Gasteiger partial charge in [-0.05, 0) is 19.1 Å². The Morgan fingerprint density at radius 1 is 1.50 bits per heavy atom. The van der Waals surface area contributed by atoms with Gasteiger partial charge in [0.05, 0.1) is 5.57 Å². The number of terminal acetylenes is 1. The van der Waals surface area contributed by atoms with Gasteiger partial charge in [-0.15, -0.1) is 6.42 Å². The van der Waals surface area contributed by atoms with Crippen molar-refractivity contribution < 1.29 is 5.11 Å². The van der Waals surface area contributed by atoms with Crippen molar-refractivity contribution in [1.29, 1.82) is 0 Å². The maximum Gasteiger partial charge on any atom is 0.130 e. The van der Waals surface area contributed by atoms with Crippen LogP contribution in [0.2, 0.25) is 0 Å². The van der Waals surface area contributed by atoms with Crippen LogP contribution in [0, 0.1) is 12.3 Å². The number of aliphatic hydroxyl groups is 1. The highest BCUT2D eigenvalue weighted by molar-refractivity contribution is 5.40. The lowest BCUT2D eigenvalue weighted by Crippen LogP contribution is -1.80. The molecule has 0 amide bonds. The Morgan fingerprint density at radius 3 is 2.25 bits per heavy atom. The minimum atomic E-state index is 0.0422. The van der Waals surface area contributed by atoms with Crippen LogP contribution in [0.25, 0.3) is 0 Å². The van der Waals surface area contributed by atoms with Crippen LogP contribution >= 0.6 is 0 Å². The molecule has 0 aromatic heterocycles. The number of hydrogen-bond acceptors (Lipinski definition) is 1. The van der Waals surface area contributed by atoms with Crippen LogP contribution in [-0.2, 0) is 0 Å². The third kappa shape index (κ3) is 5.37. The molecule has 0 saturated carbocycles. The molecule has 0 radical (unpaired) electrons. The molecule has 1 nitrogen and oxygen atoms in total. The van der Waals surface area contributed by atoms with E-state index in [1.807, 2.05) is 20.8 Å². The summed E-state index contributed by atoms with van der Waals surface area (Å²) >= 11 is 0. The molecule has 0 aromatic rings. The summed E-state index contributed by atoms with van der Waals surface area (Å²) in [6.45, 7) is 9.20. The van der Waals surface area contributed by atoms with E-state index >= 15 is 0 Å². The molecule has 0 aromatic carbocycles. The molecule has 0 aliphatic carbocycles. The molecule has 0 aliphatic rings. The van der Waals surface area contributed by atoms with Crippen LogP contribution in [0.1, 0.15) is 20.8 Å². The zero-order chi connectivity index (χ0) is 9.98. The van der Waals surface area contributed by atoms with Gasteiger partial charge in [-0.25, -0.2) is 0 Å². The Hall–Kier alpha value is -1.42. The highest BCUT2D eigenvalue weighted by atomic mass is 16.3. The van der Waals surface area contributed by atoms with Crippen molar-refractivity contribution in [2.75, 3.05) is 0 Å². The fourth-order valence-corrected chi connectivity index (χ4v) is 0.484. The van der Waals surface area contributed by atoms with E-state index in [2.05, 4.69) is 12.5 Å². The van der Waals surface area contributed by atoms with Crippen molar-refractivity contribution in [3.05, 3.63) is 36.1 Å². The number of hydrogen-bond donors (Lipinski definition) is 1. The summed E-state index contributed by atoms with van der Waals surface area (Å²) in [5.41, 5.74) is 0.456. The smallest absolute Gasteiger partial charge is 0.130 e. The first-order valence-corrected chi connectivity index (χ1v) is 3.91. The summed E-state index contributed by atoms with van der Waals surface area (Å²) in [4.78, 5) is 0. The summed E-state index contributed by atoms with van der Waals surface area (Å²) in [5, 5.41) is 9.02. The van der Waals surface area contributed by atoms with E-state index < -0.39 is 0 Å². The second kappa shape index (κ2) is 9.58. The maximum absolute atomic E-state index is 9.02. The van der Waals surface area contributed by atoms with Gasteiger partial charge in [0.15, 0.2) is 0 Å². The molecule has 0 rings (SSSR count). The molecule has 0 heterocycles. The minimum absolute atomic E-state index is 0.0422. The molecule has 0 atom stereocenters. The molecule has 66 valence electrons. The highest BCUT2D eigenvalue weighted by Crippen LogP contribution is 2.01. The van der Waals surface area contributed by atoms with Crippen LogP contribution in [0.5, 0.6) is 0 Å². The molecule has 0 spiro atoms. The fraction of sp³-hybridized carbons (Fsp3) is 0.273. The summed E-state index contributed by atoms with van der Waals surface area (Å²) in [6, 6.07) is 0. The number of rotatable bonds is 2. The van der Waals surface area contributed by atoms with Gasteiger partial charge < -0.3 is 5.11 Å². The predicted octanol–water partition coefficient (Wildman–Crippen LogP) is 3.22. The van der Waals surface area contributed by atoms with E-state index in [1.54, 1.807) is 12.2 Å². The van der Waals surface area contributed by atoms with Crippen molar-refractivity contribution in [2.45, 2.75) is 20.8 Å². The topological polar surface area (TPSA) is 20.2 Å². The van der Waals surface area contributed by atoms with Crippen molar-refractivity contribution >= 4 is 0 Å². The van der Waals surface area contributed by atoms with Gasteiger partial charge in [0.2, 0.25) is 0 Å². The Kier molecular flexibility index (Phi) is 10.5. The Morgan fingerprint density at radius 2 is 2.00 bits per heavy atom. The number of aliphatic hydroxyl groups excluding tert-OH is 1. The van der Waals surface area contributed by atoms with Crippen LogP contribution < -0.4 is 0 Å². The molecule has 1 N–H and O–H groups in total. The summed E-state index contributed by atoms with van der Waals surface area (Å²) < 4.78 is 0. The van der Waals surface area contributed by atoms with E-state index in [0.29, 0.717) is 5.57 Å². The van der Waals surface area contributed by atoms with Crippen molar-refractivity contribution in [1.82, 2.24) is 0 Å². The molecule has 12 heavy (non-hydrogen) atoms. The summed E-state index contributed by atoms with van der Waals surface area (Å²) in [7, 11) is 0. The summed E-state index contributed by atoms with van der Waals surface area (Å²) in [6.07, 6.45) is 9.79. The fourth-order valence-electron chi connectivity index (χ4n) is 0.484. The van der Waals surface area contributed by atoms with E-state index in [4.69, 9.17) is 11.5 Å². The summed E-state index contributed by atoms with van der Waals surface area (Å²) in [5.74, 6) is 2.37. The van der Waals surface area contributed by atoms with E-state index in [9.17, 15) is 0 Å². The Labute approximate surface area is 75.1 Å². The van der Waals surface area contributed by atoms with Gasteiger partial charge in [-0.3, -0.25) is 0 Å². The standard InChI is InChI=1S/C9H10O.C2H6/c1-4-7-8(5-2)9(10)6-3;1-2/h2,4,6-7,10H,3H2,1H3;1-2H3/b7-4-,9-8+;. The molecule has 0 unspecified atom stereocenters. The second-order valence-electron chi connectivity index (χ2n) is 1.65. The molecule has 0 saturated heterocycles. The SMILES string of the molecule is C#CC(/C=C\C)=C(\O)C=C.CC. The normalized spacial score (nSPS) is 10.8. The first kappa shape index (κ1) is 13.2. The lowest BCUT2D eigenvalue weighted by atomic mass is 10.2. The van der Waals surface area contributed by atoms with Gasteiger partial charge in [-0.2, -0.15) is 0 Å². The predicted molar refractivity (Wildman–Crippen MR) is 54.8 cm³/mol. The van der Waals surface area contributed by atoms with Crippen molar-refractivity contribution in [3.8, 4) is 12.3 Å². The zero-order valence-electron chi connectivity index (χ0n) is 7.96. The van der Waals surface area contributed by atoms with Crippen LogP contribution in [-0.4, -0.2) is 5.11 Å². The molecular weight excluding hydrogens is 148 g/mol. The lowest BCUT2D eigenvalue weighted by Gasteiger charge is -1.91. The molecular formula is C11H16O. The van der Waals surface area contributed by atoms with Crippen LogP contribution in [0.3, 0.4) is 0 Å². The zero-order valence-corrected chi connectivity index (χ0v) is 7.96. The largest absolute Gasteiger partial charge is 0.507 e. The molecule has 0 bridgehead atoms. The average molecular weight is 164 g/mol. The minimum Gasteiger partial charge on any atom is -0.507 e. The molecule has 0 fully saturated rings. The monoisotopic (exact) mass is 164 g/mol. The van der Waals surface area contributed by atoms with E-state index in [0.717, 1.165) is 0 Å². The maximum atomic E-state index is 9.02. The van der Waals surface area contributed by atoms with Crippen molar-refractivity contribution in [2.24, 2.45) is 0 Å². The second-order valence-corrected chi connectivity index (χ2v) is 1.65. The average Bonchev–Trinajstić information content (AvgIpc) is 2.16. The van der Waals surface area contributed by atoms with Crippen LogP contribution in [0.4, 0.5) is 0 Å². The van der Waals surface area contributed by atoms with Crippen LogP contribution in [0.15, 0.2) is 36.1 Å². The van der Waals surface area contributed by atoms with Crippen molar-refractivity contribution in [3.63, 3.8) is 0 Å². The van der Waals surface area contributed by atoms with Gasteiger partial charge >= 0.3 is 0 Å². The van der Waals surface area contributed by atoms with Gasteiger partial charge in [0.1, 0.15) is 5.76 Å². The first-order chi connectivity index (χ1) is 5.76. The quantitative estimate of drug-likeness (QED) is 0.377. The third-order valence-electron chi connectivity index (χ3n) is 0.958. The van der Waals surface area contributed by atoms with E-state index in [-0.39, 0.29) is 5.76 Å². The van der Waals surface area contributed by atoms with Gasteiger partial charge in [-0.1, -0.05) is 32.4 Å². The third-order valence-corrected chi connectivity index (χ3v) is 0.958. The van der Waals surface area contributed by atoms with Gasteiger partial charge in [0, 0.05) is 0 Å². The Balaban J connectivity index is 0. The Bertz CT molecular complexity index is 214. The first-order valence-electron chi connectivity index (χ1n) is 3.91. The van der Waals surface area contributed by atoms with Gasteiger partial charge in [0.25, 0.3) is 0 Å². The lowest BCUT2D eigenvalue weighted by molar-refractivity contribution is 0.430. The molecule has 1 heteroatoms. The van der Waals surface area contributed by atoms with E-state index in [1.165, 1.54) is 6.08 Å².